The molecule has 2 aromatic carbocycles. The van der Waals surface area contributed by atoms with Crippen molar-refractivity contribution in [3.63, 3.8) is 0 Å². The molecule has 1 aromatic heterocycles. The fourth-order valence-corrected chi connectivity index (χ4v) is 3.37. The van der Waals surface area contributed by atoms with Crippen LogP contribution in [0.2, 0.25) is 0 Å². The summed E-state index contributed by atoms with van der Waals surface area (Å²) in [4.78, 5) is 4.33. The molecule has 0 spiro atoms. The largest absolute Gasteiger partial charge is 0.340 e. The molecule has 1 aliphatic rings. The van der Waals surface area contributed by atoms with E-state index in [4.69, 9.17) is 0 Å². The number of benzene rings is 2. The van der Waals surface area contributed by atoms with Crippen molar-refractivity contribution in [2.24, 2.45) is 0 Å². The smallest absolute Gasteiger partial charge is 0.130 e. The monoisotopic (exact) mass is 286 g/mol. The van der Waals surface area contributed by atoms with Gasteiger partial charge in [-0.05, 0) is 46.5 Å². The minimum atomic E-state index is 0.0354. The lowest BCUT2D eigenvalue weighted by molar-refractivity contribution is 0.660. The van der Waals surface area contributed by atoms with Crippen LogP contribution in [-0.2, 0) is 5.41 Å². The van der Waals surface area contributed by atoms with E-state index in [1.54, 1.807) is 6.20 Å². The molecule has 2 heteroatoms. The van der Waals surface area contributed by atoms with Crippen molar-refractivity contribution in [3.05, 3.63) is 78.0 Å². The molecule has 0 atom stereocenters. The molecule has 0 fully saturated rings. The molecule has 108 valence electrons. The van der Waals surface area contributed by atoms with Crippen molar-refractivity contribution in [1.82, 2.24) is 4.98 Å². The number of nitrogens with zero attached hydrogens (tertiary/aromatic N) is 1. The molecule has 3 aromatic rings. The Balaban J connectivity index is 1.79. The van der Waals surface area contributed by atoms with Crippen molar-refractivity contribution >= 4 is 11.5 Å². The van der Waals surface area contributed by atoms with E-state index >= 15 is 0 Å². The van der Waals surface area contributed by atoms with Gasteiger partial charge in [0, 0.05) is 17.3 Å². The summed E-state index contributed by atoms with van der Waals surface area (Å²) in [6.45, 7) is 4.59. The maximum absolute atomic E-state index is 4.33. The summed E-state index contributed by atoms with van der Waals surface area (Å²) >= 11 is 0. The van der Waals surface area contributed by atoms with E-state index in [9.17, 15) is 0 Å². The highest BCUT2D eigenvalue weighted by Gasteiger charge is 2.35. The van der Waals surface area contributed by atoms with Gasteiger partial charge in [-0.1, -0.05) is 50.2 Å². The molecule has 4 rings (SSSR count). The third-order valence-electron chi connectivity index (χ3n) is 4.52. The normalized spacial score (nSPS) is 14.3. The average molecular weight is 286 g/mol. The van der Waals surface area contributed by atoms with Gasteiger partial charge in [-0.15, -0.1) is 0 Å². The molecular weight excluding hydrogens is 268 g/mol. The van der Waals surface area contributed by atoms with Crippen LogP contribution in [0.5, 0.6) is 0 Å². The van der Waals surface area contributed by atoms with Crippen LogP contribution in [0.15, 0.2) is 66.9 Å². The SMILES string of the molecule is CC1(C)c2ccccc2-c2ccc(Nc3ccccn3)cc21. The maximum atomic E-state index is 4.33. The van der Waals surface area contributed by atoms with Crippen LogP contribution in [0.4, 0.5) is 11.5 Å². The Kier molecular flexibility index (Phi) is 2.80. The average Bonchev–Trinajstić information content (AvgIpc) is 2.77. The molecule has 0 radical (unpaired) electrons. The fourth-order valence-electron chi connectivity index (χ4n) is 3.37. The van der Waals surface area contributed by atoms with Gasteiger partial charge >= 0.3 is 0 Å². The van der Waals surface area contributed by atoms with Gasteiger partial charge < -0.3 is 5.32 Å². The molecule has 2 nitrogen and oxygen atoms in total. The van der Waals surface area contributed by atoms with E-state index in [0.29, 0.717) is 0 Å². The zero-order valence-electron chi connectivity index (χ0n) is 12.8. The maximum Gasteiger partial charge on any atom is 0.130 e. The van der Waals surface area contributed by atoms with Gasteiger partial charge in [0.2, 0.25) is 0 Å². The zero-order valence-corrected chi connectivity index (χ0v) is 12.8. The topological polar surface area (TPSA) is 24.9 Å². The van der Waals surface area contributed by atoms with Crippen molar-refractivity contribution in [3.8, 4) is 11.1 Å². The van der Waals surface area contributed by atoms with Gasteiger partial charge in [0.25, 0.3) is 0 Å². The molecule has 0 bridgehead atoms. The number of aromatic nitrogens is 1. The molecule has 22 heavy (non-hydrogen) atoms. The molecule has 0 saturated heterocycles. The van der Waals surface area contributed by atoms with Crippen LogP contribution in [0.25, 0.3) is 11.1 Å². The minimum absolute atomic E-state index is 0.0354. The Morgan fingerprint density at radius 2 is 1.59 bits per heavy atom. The first-order valence-corrected chi connectivity index (χ1v) is 7.59. The summed E-state index contributed by atoms with van der Waals surface area (Å²) in [6, 6.07) is 21.2. The van der Waals surface area contributed by atoms with Gasteiger partial charge in [0.1, 0.15) is 5.82 Å². The fraction of sp³-hybridized carbons (Fsp3) is 0.150. The van der Waals surface area contributed by atoms with E-state index in [1.165, 1.54) is 22.3 Å². The Morgan fingerprint density at radius 3 is 2.41 bits per heavy atom. The molecule has 1 N–H and O–H groups in total. The molecule has 0 saturated carbocycles. The second-order valence-corrected chi connectivity index (χ2v) is 6.27. The summed E-state index contributed by atoms with van der Waals surface area (Å²) in [5, 5.41) is 3.39. The van der Waals surface area contributed by atoms with Crippen LogP contribution in [0, 0.1) is 0 Å². The van der Waals surface area contributed by atoms with Crippen LogP contribution in [0.3, 0.4) is 0 Å². The van der Waals surface area contributed by atoms with E-state index < -0.39 is 0 Å². The first-order valence-electron chi connectivity index (χ1n) is 7.59. The summed E-state index contributed by atoms with van der Waals surface area (Å²) in [5.41, 5.74) is 6.58. The predicted octanol–water partition coefficient (Wildman–Crippen LogP) is 5.13. The highest BCUT2D eigenvalue weighted by molar-refractivity contribution is 5.82. The number of hydrogen-bond acceptors (Lipinski definition) is 2. The lowest BCUT2D eigenvalue weighted by atomic mass is 9.82. The lowest BCUT2D eigenvalue weighted by Crippen LogP contribution is -2.15. The van der Waals surface area contributed by atoms with Crippen LogP contribution in [-0.4, -0.2) is 4.98 Å². The second kappa shape index (κ2) is 4.70. The first-order chi connectivity index (χ1) is 10.7. The molecular formula is C20H18N2. The number of pyridine rings is 1. The number of fused-ring (bicyclic) bond motifs is 3. The van der Waals surface area contributed by atoms with Crippen LogP contribution in [0.1, 0.15) is 25.0 Å². The lowest BCUT2D eigenvalue weighted by Gasteiger charge is -2.22. The van der Waals surface area contributed by atoms with Gasteiger partial charge in [-0.2, -0.15) is 0 Å². The number of anilines is 2. The summed E-state index contributed by atoms with van der Waals surface area (Å²) < 4.78 is 0. The van der Waals surface area contributed by atoms with Crippen molar-refractivity contribution in [2.45, 2.75) is 19.3 Å². The first kappa shape index (κ1) is 13.1. The highest BCUT2D eigenvalue weighted by atomic mass is 15.0. The molecule has 0 aliphatic heterocycles. The molecule has 1 aliphatic carbocycles. The second-order valence-electron chi connectivity index (χ2n) is 6.27. The van der Waals surface area contributed by atoms with E-state index in [-0.39, 0.29) is 5.41 Å². The standard InChI is InChI=1S/C20H18N2/c1-20(2)17-8-4-3-7-15(17)16-11-10-14(13-18(16)20)22-19-9-5-6-12-21-19/h3-13H,1-2H3,(H,21,22). The van der Waals surface area contributed by atoms with E-state index in [0.717, 1.165) is 11.5 Å². The summed E-state index contributed by atoms with van der Waals surface area (Å²) in [7, 11) is 0. The minimum Gasteiger partial charge on any atom is -0.340 e. The van der Waals surface area contributed by atoms with E-state index in [2.05, 4.69) is 66.6 Å². The molecule has 0 unspecified atom stereocenters. The summed E-state index contributed by atoms with van der Waals surface area (Å²) in [6.07, 6.45) is 1.80. The van der Waals surface area contributed by atoms with Crippen LogP contribution < -0.4 is 5.32 Å². The Hall–Kier alpha value is -2.61. The zero-order chi connectivity index (χ0) is 15.2. The van der Waals surface area contributed by atoms with Crippen molar-refractivity contribution in [2.75, 3.05) is 5.32 Å². The van der Waals surface area contributed by atoms with Gasteiger partial charge in [-0.3, -0.25) is 0 Å². The number of hydrogen-bond donors (Lipinski definition) is 1. The summed E-state index contributed by atoms with van der Waals surface area (Å²) in [5.74, 6) is 0.871. The predicted molar refractivity (Wildman–Crippen MR) is 91.5 cm³/mol. The third kappa shape index (κ3) is 1.92. The quantitative estimate of drug-likeness (QED) is 0.706. The Morgan fingerprint density at radius 1 is 0.818 bits per heavy atom. The van der Waals surface area contributed by atoms with Crippen molar-refractivity contribution < 1.29 is 0 Å². The van der Waals surface area contributed by atoms with Gasteiger partial charge in [0.05, 0.1) is 0 Å². The molecule has 0 amide bonds. The van der Waals surface area contributed by atoms with Crippen molar-refractivity contribution in [1.29, 1.82) is 0 Å². The Labute approximate surface area is 130 Å². The van der Waals surface area contributed by atoms with Crippen LogP contribution >= 0.6 is 0 Å². The number of rotatable bonds is 2. The molecule has 1 heterocycles. The Bertz CT molecular complexity index is 835. The highest BCUT2D eigenvalue weighted by Crippen LogP contribution is 2.49. The van der Waals surface area contributed by atoms with Gasteiger partial charge in [0.15, 0.2) is 0 Å². The number of nitrogens with one attached hydrogen (secondary N) is 1. The van der Waals surface area contributed by atoms with Gasteiger partial charge in [-0.25, -0.2) is 4.98 Å². The third-order valence-corrected chi connectivity index (χ3v) is 4.52. The van der Waals surface area contributed by atoms with E-state index in [1.807, 2.05) is 18.2 Å².